The van der Waals surface area contributed by atoms with Gasteiger partial charge >= 0.3 is 0 Å². The Hall–Kier alpha value is -1.99. The number of piperazine rings is 1. The van der Waals surface area contributed by atoms with Crippen LogP contribution in [0.25, 0.3) is 0 Å². The first-order valence-electron chi connectivity index (χ1n) is 10.4. The number of hydrogen-bond acceptors (Lipinski definition) is 5. The van der Waals surface area contributed by atoms with Crippen LogP contribution in [0.3, 0.4) is 0 Å². The van der Waals surface area contributed by atoms with Crippen LogP contribution in [0.5, 0.6) is 5.75 Å². The van der Waals surface area contributed by atoms with Crippen molar-refractivity contribution in [3.63, 3.8) is 0 Å². The highest BCUT2D eigenvalue weighted by Gasteiger charge is 2.25. The molecule has 7 nitrogen and oxygen atoms in total. The van der Waals surface area contributed by atoms with Gasteiger partial charge in [-0.3, -0.25) is 9.89 Å². The molecule has 1 aromatic rings. The van der Waals surface area contributed by atoms with Crippen molar-refractivity contribution in [3.05, 3.63) is 24.3 Å². The lowest BCUT2D eigenvalue weighted by Crippen LogP contribution is -2.53. The Kier molecular flexibility index (Phi) is 7.39. The number of rotatable bonds is 6. The van der Waals surface area contributed by atoms with Gasteiger partial charge in [-0.2, -0.15) is 0 Å². The van der Waals surface area contributed by atoms with Gasteiger partial charge in [-0.15, -0.1) is 0 Å². The summed E-state index contributed by atoms with van der Waals surface area (Å²) in [4.78, 5) is 11.8. The first-order chi connectivity index (χ1) is 13.6. The lowest BCUT2D eigenvalue weighted by Gasteiger charge is -2.36. The summed E-state index contributed by atoms with van der Waals surface area (Å²) in [7, 11) is 5.78. The van der Waals surface area contributed by atoms with E-state index in [0.717, 1.165) is 63.9 Å². The molecule has 2 fully saturated rings. The van der Waals surface area contributed by atoms with Gasteiger partial charge in [0.1, 0.15) is 5.75 Å². The van der Waals surface area contributed by atoms with Gasteiger partial charge in [0.05, 0.1) is 12.8 Å². The van der Waals surface area contributed by atoms with Crippen molar-refractivity contribution in [2.75, 3.05) is 71.9 Å². The Bertz CT molecular complexity index is 644. The van der Waals surface area contributed by atoms with Gasteiger partial charge < -0.3 is 25.2 Å². The van der Waals surface area contributed by atoms with E-state index < -0.39 is 0 Å². The van der Waals surface area contributed by atoms with Crippen molar-refractivity contribution < 1.29 is 4.74 Å². The molecule has 0 radical (unpaired) electrons. The van der Waals surface area contributed by atoms with Gasteiger partial charge in [-0.05, 0) is 32.5 Å². The normalized spacial score (nSPS) is 22.9. The molecule has 0 saturated carbocycles. The molecule has 7 heteroatoms. The molecule has 0 amide bonds. The molecule has 1 aromatic carbocycles. The minimum Gasteiger partial charge on any atom is -0.495 e. The third-order valence-electron chi connectivity index (χ3n) is 5.90. The summed E-state index contributed by atoms with van der Waals surface area (Å²) in [6.45, 7) is 9.76. The third kappa shape index (κ3) is 5.29. The molecule has 0 spiro atoms. The van der Waals surface area contributed by atoms with Crippen LogP contribution in [0.2, 0.25) is 0 Å². The van der Waals surface area contributed by atoms with Gasteiger partial charge in [0.15, 0.2) is 5.96 Å². The van der Waals surface area contributed by atoms with Crippen LogP contribution in [-0.4, -0.2) is 94.9 Å². The van der Waals surface area contributed by atoms with Crippen LogP contribution < -0.4 is 20.3 Å². The number of para-hydroxylation sites is 2. The van der Waals surface area contributed by atoms with Crippen LogP contribution >= 0.6 is 0 Å². The first kappa shape index (κ1) is 20.7. The van der Waals surface area contributed by atoms with Crippen molar-refractivity contribution in [1.82, 2.24) is 20.4 Å². The molecule has 2 aliphatic heterocycles. The average molecular weight is 389 g/mol. The molecule has 2 atom stereocenters. The van der Waals surface area contributed by atoms with E-state index >= 15 is 0 Å². The predicted molar refractivity (Wildman–Crippen MR) is 117 cm³/mol. The maximum absolute atomic E-state index is 5.52. The topological polar surface area (TPSA) is 55.4 Å². The van der Waals surface area contributed by atoms with E-state index in [0.29, 0.717) is 12.1 Å². The van der Waals surface area contributed by atoms with Crippen LogP contribution in [0, 0.1) is 0 Å². The Labute approximate surface area is 169 Å². The fourth-order valence-electron chi connectivity index (χ4n) is 4.01. The summed E-state index contributed by atoms with van der Waals surface area (Å²) in [5.74, 6) is 1.83. The molecule has 2 heterocycles. The molecule has 3 rings (SSSR count). The number of guanidine groups is 1. The van der Waals surface area contributed by atoms with Crippen LogP contribution in [0.4, 0.5) is 5.69 Å². The number of nitrogens with one attached hydrogen (secondary N) is 2. The summed E-state index contributed by atoms with van der Waals surface area (Å²) in [6, 6.07) is 9.12. The van der Waals surface area contributed by atoms with Crippen molar-refractivity contribution in [2.24, 2.45) is 4.99 Å². The van der Waals surface area contributed by atoms with Gasteiger partial charge in [-0.1, -0.05) is 12.1 Å². The predicted octanol–water partition coefficient (Wildman–Crippen LogP) is 1.07. The lowest BCUT2D eigenvalue weighted by atomic mass is 10.2. The molecule has 2 N–H and O–H groups in total. The molecule has 0 bridgehead atoms. The van der Waals surface area contributed by atoms with Gasteiger partial charge in [0, 0.05) is 64.9 Å². The fourth-order valence-corrected chi connectivity index (χ4v) is 4.01. The first-order valence-corrected chi connectivity index (χ1v) is 10.4. The van der Waals surface area contributed by atoms with Gasteiger partial charge in [0.25, 0.3) is 0 Å². The Morgan fingerprint density at radius 3 is 2.68 bits per heavy atom. The molecular weight excluding hydrogens is 352 g/mol. The molecule has 0 aliphatic carbocycles. The third-order valence-corrected chi connectivity index (χ3v) is 5.90. The summed E-state index contributed by atoms with van der Waals surface area (Å²) >= 11 is 0. The van der Waals surface area contributed by atoms with E-state index in [1.165, 1.54) is 5.69 Å². The molecule has 0 aromatic heterocycles. The van der Waals surface area contributed by atoms with E-state index in [4.69, 9.17) is 4.74 Å². The number of anilines is 1. The fraction of sp³-hybridized carbons (Fsp3) is 0.667. The average Bonchev–Trinajstić information content (AvgIpc) is 3.19. The number of methoxy groups -OCH3 is 1. The lowest BCUT2D eigenvalue weighted by molar-refractivity contribution is 0.120. The number of hydrogen-bond donors (Lipinski definition) is 2. The summed E-state index contributed by atoms with van der Waals surface area (Å²) < 4.78 is 5.52. The number of nitrogens with zero attached hydrogens (tertiary/aromatic N) is 4. The maximum atomic E-state index is 5.52. The zero-order chi connectivity index (χ0) is 19.9. The molecule has 28 heavy (non-hydrogen) atoms. The monoisotopic (exact) mass is 388 g/mol. The van der Waals surface area contributed by atoms with Crippen LogP contribution in [-0.2, 0) is 0 Å². The number of likely N-dealkylation sites (N-methyl/N-ethyl adjacent to an activating group) is 1. The minimum absolute atomic E-state index is 0.384. The summed E-state index contributed by atoms with van der Waals surface area (Å²) in [5.41, 5.74) is 1.17. The Balaban J connectivity index is 1.46. The zero-order valence-corrected chi connectivity index (χ0v) is 17.8. The quantitative estimate of drug-likeness (QED) is 0.562. The standard InChI is InChI=1S/C21H36N6O/c1-17(26-13-11-25(3)12-14-26)15-23-21(22-2)24-18-9-10-27(16-18)19-7-5-6-8-20(19)28-4/h5-8,17-18H,9-16H2,1-4H3,(H2,22,23,24). The molecule has 2 saturated heterocycles. The largest absolute Gasteiger partial charge is 0.495 e. The molecule has 2 aliphatic rings. The summed E-state index contributed by atoms with van der Waals surface area (Å²) in [5, 5.41) is 7.12. The highest BCUT2D eigenvalue weighted by atomic mass is 16.5. The zero-order valence-electron chi connectivity index (χ0n) is 17.8. The second-order valence-electron chi connectivity index (χ2n) is 7.89. The highest BCUT2D eigenvalue weighted by Crippen LogP contribution is 2.30. The Morgan fingerprint density at radius 2 is 1.96 bits per heavy atom. The molecular formula is C21H36N6O. The number of aliphatic imine (C=N–C) groups is 1. The van der Waals surface area contributed by atoms with Crippen LogP contribution in [0.1, 0.15) is 13.3 Å². The van der Waals surface area contributed by atoms with Crippen molar-refractivity contribution in [3.8, 4) is 5.75 Å². The van der Waals surface area contributed by atoms with Crippen molar-refractivity contribution >= 4 is 11.6 Å². The minimum atomic E-state index is 0.384. The van der Waals surface area contributed by atoms with E-state index in [1.807, 2.05) is 19.2 Å². The second-order valence-corrected chi connectivity index (χ2v) is 7.89. The van der Waals surface area contributed by atoms with Gasteiger partial charge in [-0.25, -0.2) is 0 Å². The van der Waals surface area contributed by atoms with Crippen molar-refractivity contribution in [2.45, 2.75) is 25.4 Å². The number of ether oxygens (including phenoxy) is 1. The van der Waals surface area contributed by atoms with Crippen LogP contribution in [0.15, 0.2) is 29.3 Å². The van der Waals surface area contributed by atoms with E-state index in [2.05, 4.69) is 56.4 Å². The molecule has 2 unspecified atom stereocenters. The van der Waals surface area contributed by atoms with E-state index in [-0.39, 0.29) is 0 Å². The number of benzene rings is 1. The second kappa shape index (κ2) is 9.98. The molecule has 156 valence electrons. The van der Waals surface area contributed by atoms with E-state index in [1.54, 1.807) is 7.11 Å². The Morgan fingerprint density at radius 1 is 1.21 bits per heavy atom. The van der Waals surface area contributed by atoms with Gasteiger partial charge in [0.2, 0.25) is 0 Å². The summed E-state index contributed by atoms with van der Waals surface area (Å²) in [6.07, 6.45) is 1.09. The maximum Gasteiger partial charge on any atom is 0.191 e. The van der Waals surface area contributed by atoms with E-state index in [9.17, 15) is 0 Å². The smallest absolute Gasteiger partial charge is 0.191 e. The highest BCUT2D eigenvalue weighted by molar-refractivity contribution is 5.80. The SMILES string of the molecule is CN=C(NCC(C)N1CCN(C)CC1)NC1CCN(c2ccccc2OC)C1. The van der Waals surface area contributed by atoms with Crippen molar-refractivity contribution in [1.29, 1.82) is 0 Å².